The normalized spacial score (nSPS) is 12.3. The molecule has 0 saturated heterocycles. The number of rotatable bonds is 5. The SMILES string of the molecule is CCC(C)N(CC(=O)O)C(=O)c1ccc2c(c1)nnn2C. The lowest BCUT2D eigenvalue weighted by molar-refractivity contribution is -0.138. The van der Waals surface area contributed by atoms with Crippen molar-refractivity contribution >= 4 is 22.9 Å². The zero-order valence-electron chi connectivity index (χ0n) is 12.3. The highest BCUT2D eigenvalue weighted by molar-refractivity contribution is 5.98. The molecule has 1 heterocycles. The van der Waals surface area contributed by atoms with Crippen LogP contribution in [0.15, 0.2) is 18.2 Å². The predicted molar refractivity (Wildman–Crippen MR) is 76.9 cm³/mol. The molecule has 7 heteroatoms. The maximum absolute atomic E-state index is 12.5. The van der Waals surface area contributed by atoms with Gasteiger partial charge in [-0.2, -0.15) is 0 Å². The van der Waals surface area contributed by atoms with Gasteiger partial charge in [0, 0.05) is 18.7 Å². The van der Waals surface area contributed by atoms with E-state index in [2.05, 4.69) is 10.3 Å². The summed E-state index contributed by atoms with van der Waals surface area (Å²) in [5, 5.41) is 16.8. The molecule has 2 aromatic rings. The average molecular weight is 290 g/mol. The third-order valence-corrected chi connectivity index (χ3v) is 3.55. The molecule has 21 heavy (non-hydrogen) atoms. The van der Waals surface area contributed by atoms with Crippen LogP contribution in [-0.4, -0.2) is 49.5 Å². The number of carbonyl (C=O) groups is 2. The summed E-state index contributed by atoms with van der Waals surface area (Å²) < 4.78 is 1.62. The number of carbonyl (C=O) groups excluding carboxylic acids is 1. The number of nitrogens with zero attached hydrogens (tertiary/aromatic N) is 4. The molecule has 0 fully saturated rings. The minimum Gasteiger partial charge on any atom is -0.480 e. The van der Waals surface area contributed by atoms with E-state index in [9.17, 15) is 9.59 Å². The first kappa shape index (κ1) is 15.0. The summed E-state index contributed by atoms with van der Waals surface area (Å²) in [6.45, 7) is 3.44. The molecule has 1 unspecified atom stereocenters. The van der Waals surface area contributed by atoms with E-state index in [-0.39, 0.29) is 18.5 Å². The quantitative estimate of drug-likeness (QED) is 0.896. The van der Waals surface area contributed by atoms with Crippen LogP contribution in [0.1, 0.15) is 30.6 Å². The fourth-order valence-corrected chi connectivity index (χ4v) is 2.13. The summed E-state index contributed by atoms with van der Waals surface area (Å²) in [7, 11) is 1.77. The van der Waals surface area contributed by atoms with Crippen molar-refractivity contribution in [3.63, 3.8) is 0 Å². The zero-order valence-corrected chi connectivity index (χ0v) is 12.3. The van der Waals surface area contributed by atoms with Crippen molar-refractivity contribution in [2.75, 3.05) is 6.54 Å². The van der Waals surface area contributed by atoms with Gasteiger partial charge in [-0.1, -0.05) is 12.1 Å². The number of amides is 1. The summed E-state index contributed by atoms with van der Waals surface area (Å²) >= 11 is 0. The molecule has 1 aromatic carbocycles. The van der Waals surface area contributed by atoms with E-state index in [0.29, 0.717) is 17.5 Å². The number of aryl methyl sites for hydroxylation is 1. The van der Waals surface area contributed by atoms with Gasteiger partial charge in [0.05, 0.1) is 5.52 Å². The van der Waals surface area contributed by atoms with Gasteiger partial charge in [-0.15, -0.1) is 5.10 Å². The highest BCUT2D eigenvalue weighted by Gasteiger charge is 2.23. The van der Waals surface area contributed by atoms with E-state index < -0.39 is 5.97 Å². The molecule has 2 rings (SSSR count). The molecule has 112 valence electrons. The van der Waals surface area contributed by atoms with Gasteiger partial charge in [0.15, 0.2) is 0 Å². The summed E-state index contributed by atoms with van der Waals surface area (Å²) in [6, 6.07) is 4.93. The fourth-order valence-electron chi connectivity index (χ4n) is 2.13. The van der Waals surface area contributed by atoms with Gasteiger partial charge in [-0.25, -0.2) is 4.68 Å². The Balaban J connectivity index is 2.35. The molecule has 1 atom stereocenters. The minimum atomic E-state index is -1.02. The molecule has 1 amide bonds. The van der Waals surface area contributed by atoms with Gasteiger partial charge in [-0.3, -0.25) is 9.59 Å². The van der Waals surface area contributed by atoms with Crippen LogP contribution in [0.3, 0.4) is 0 Å². The predicted octanol–water partition coefficient (Wildman–Crippen LogP) is 1.29. The second-order valence-electron chi connectivity index (χ2n) is 5.00. The fraction of sp³-hybridized carbons (Fsp3) is 0.429. The molecule has 0 spiro atoms. The Kier molecular flexibility index (Phi) is 4.21. The highest BCUT2D eigenvalue weighted by Crippen LogP contribution is 2.16. The van der Waals surface area contributed by atoms with Gasteiger partial charge in [0.2, 0.25) is 0 Å². The molecule has 0 aliphatic heterocycles. The van der Waals surface area contributed by atoms with Crippen molar-refractivity contribution in [2.24, 2.45) is 7.05 Å². The maximum Gasteiger partial charge on any atom is 0.323 e. The number of carboxylic acid groups (broad SMARTS) is 1. The second-order valence-corrected chi connectivity index (χ2v) is 5.00. The van der Waals surface area contributed by atoms with E-state index in [4.69, 9.17) is 5.11 Å². The van der Waals surface area contributed by atoms with Gasteiger partial charge < -0.3 is 10.0 Å². The van der Waals surface area contributed by atoms with Crippen LogP contribution in [0, 0.1) is 0 Å². The molecular formula is C14H18N4O3. The molecule has 0 aliphatic rings. The first-order valence-electron chi connectivity index (χ1n) is 6.76. The first-order valence-corrected chi connectivity index (χ1v) is 6.76. The van der Waals surface area contributed by atoms with E-state index in [0.717, 1.165) is 5.52 Å². The molecule has 0 bridgehead atoms. The van der Waals surface area contributed by atoms with Gasteiger partial charge in [0.25, 0.3) is 5.91 Å². The Morgan fingerprint density at radius 2 is 2.14 bits per heavy atom. The van der Waals surface area contributed by atoms with Crippen molar-refractivity contribution in [1.82, 2.24) is 19.9 Å². The lowest BCUT2D eigenvalue weighted by atomic mass is 10.1. The Hall–Kier alpha value is -2.44. The molecule has 1 N–H and O–H groups in total. The number of aliphatic carboxylic acids is 1. The number of aromatic nitrogens is 3. The summed E-state index contributed by atoms with van der Waals surface area (Å²) in [5.41, 5.74) is 1.85. The zero-order chi connectivity index (χ0) is 15.6. The third kappa shape index (κ3) is 3.01. The number of hydrogen-bond donors (Lipinski definition) is 1. The monoisotopic (exact) mass is 290 g/mol. The first-order chi connectivity index (χ1) is 9.93. The lowest BCUT2D eigenvalue weighted by Gasteiger charge is -2.27. The molecule has 7 nitrogen and oxygen atoms in total. The van der Waals surface area contributed by atoms with E-state index in [1.165, 1.54) is 4.90 Å². The van der Waals surface area contributed by atoms with Gasteiger partial charge in [0.1, 0.15) is 12.1 Å². The van der Waals surface area contributed by atoms with Crippen molar-refractivity contribution < 1.29 is 14.7 Å². The third-order valence-electron chi connectivity index (χ3n) is 3.55. The average Bonchev–Trinajstić information content (AvgIpc) is 2.84. The van der Waals surface area contributed by atoms with Crippen molar-refractivity contribution in [1.29, 1.82) is 0 Å². The Morgan fingerprint density at radius 1 is 1.43 bits per heavy atom. The van der Waals surface area contributed by atoms with Crippen LogP contribution in [0.2, 0.25) is 0 Å². The van der Waals surface area contributed by atoms with Crippen LogP contribution >= 0.6 is 0 Å². The van der Waals surface area contributed by atoms with Crippen LogP contribution in [0.25, 0.3) is 11.0 Å². The van der Waals surface area contributed by atoms with Crippen LogP contribution in [-0.2, 0) is 11.8 Å². The molecular weight excluding hydrogens is 272 g/mol. The Bertz CT molecular complexity index is 680. The van der Waals surface area contributed by atoms with Crippen molar-refractivity contribution in [2.45, 2.75) is 26.3 Å². The lowest BCUT2D eigenvalue weighted by Crippen LogP contribution is -2.41. The smallest absolute Gasteiger partial charge is 0.323 e. The van der Waals surface area contributed by atoms with Crippen molar-refractivity contribution in [3.05, 3.63) is 23.8 Å². The van der Waals surface area contributed by atoms with Crippen LogP contribution in [0.5, 0.6) is 0 Å². The molecule has 0 aliphatic carbocycles. The number of hydrogen-bond acceptors (Lipinski definition) is 4. The Morgan fingerprint density at radius 3 is 2.76 bits per heavy atom. The van der Waals surface area contributed by atoms with Crippen LogP contribution in [0.4, 0.5) is 0 Å². The second kappa shape index (κ2) is 5.90. The van der Waals surface area contributed by atoms with Gasteiger partial charge in [-0.05, 0) is 31.5 Å². The summed E-state index contributed by atoms with van der Waals surface area (Å²) in [4.78, 5) is 24.9. The molecule has 0 saturated carbocycles. The van der Waals surface area contributed by atoms with Gasteiger partial charge >= 0.3 is 5.97 Å². The Labute approximate surface area is 122 Å². The number of fused-ring (bicyclic) bond motifs is 1. The molecule has 1 aromatic heterocycles. The number of benzene rings is 1. The van der Waals surface area contributed by atoms with Crippen molar-refractivity contribution in [3.8, 4) is 0 Å². The number of carboxylic acids is 1. The largest absolute Gasteiger partial charge is 0.480 e. The summed E-state index contributed by atoms with van der Waals surface area (Å²) in [5.74, 6) is -1.33. The van der Waals surface area contributed by atoms with Crippen LogP contribution < -0.4 is 0 Å². The highest BCUT2D eigenvalue weighted by atomic mass is 16.4. The standard InChI is InChI=1S/C14H18N4O3/c1-4-9(2)18(8-13(19)20)14(21)10-5-6-12-11(7-10)15-16-17(12)3/h5-7,9H,4,8H2,1-3H3,(H,19,20). The van der Waals surface area contributed by atoms with E-state index in [1.54, 1.807) is 29.9 Å². The molecule has 0 radical (unpaired) electrons. The minimum absolute atomic E-state index is 0.147. The topological polar surface area (TPSA) is 88.3 Å². The van der Waals surface area contributed by atoms with E-state index >= 15 is 0 Å². The van der Waals surface area contributed by atoms with E-state index in [1.807, 2.05) is 13.8 Å². The maximum atomic E-state index is 12.5. The summed E-state index contributed by atoms with van der Waals surface area (Å²) in [6.07, 6.45) is 0.687.